The molecule has 4 rings (SSSR count). The molecule has 0 saturated carbocycles. The SMILES string of the molecule is CSc1ccc(N2CC(C(=O)OCc3ccn(-c4ccccc4)n3)CC2=O)cc1. The second-order valence-corrected chi connectivity index (χ2v) is 7.68. The second kappa shape index (κ2) is 8.53. The quantitative estimate of drug-likeness (QED) is 0.461. The van der Waals surface area contributed by atoms with Crippen LogP contribution < -0.4 is 4.90 Å². The van der Waals surface area contributed by atoms with E-state index in [0.29, 0.717) is 12.2 Å². The minimum Gasteiger partial charge on any atom is -0.459 e. The lowest BCUT2D eigenvalue weighted by Gasteiger charge is -2.16. The van der Waals surface area contributed by atoms with Gasteiger partial charge in [-0.3, -0.25) is 9.59 Å². The average Bonchev–Trinajstić information content (AvgIpc) is 3.40. The number of ether oxygens (including phenoxy) is 1. The lowest BCUT2D eigenvalue weighted by molar-refractivity contribution is -0.149. The summed E-state index contributed by atoms with van der Waals surface area (Å²) in [6, 6.07) is 19.3. The van der Waals surface area contributed by atoms with E-state index in [2.05, 4.69) is 5.10 Å². The number of amides is 1. The summed E-state index contributed by atoms with van der Waals surface area (Å²) in [5.41, 5.74) is 2.41. The first kappa shape index (κ1) is 19.3. The van der Waals surface area contributed by atoms with E-state index in [1.807, 2.05) is 73.1 Å². The molecule has 148 valence electrons. The summed E-state index contributed by atoms with van der Waals surface area (Å²) in [6.07, 6.45) is 4.00. The highest BCUT2D eigenvalue weighted by atomic mass is 32.2. The zero-order valence-corrected chi connectivity index (χ0v) is 16.8. The maximum atomic E-state index is 12.5. The summed E-state index contributed by atoms with van der Waals surface area (Å²) >= 11 is 1.65. The number of anilines is 1. The van der Waals surface area contributed by atoms with Crippen molar-refractivity contribution in [1.29, 1.82) is 0 Å². The average molecular weight is 407 g/mol. The molecule has 1 unspecified atom stereocenters. The minimum atomic E-state index is -0.459. The van der Waals surface area contributed by atoms with Crippen molar-refractivity contribution < 1.29 is 14.3 Å². The number of rotatable bonds is 6. The van der Waals surface area contributed by atoms with E-state index in [0.717, 1.165) is 16.3 Å². The summed E-state index contributed by atoms with van der Waals surface area (Å²) in [5.74, 6) is -0.882. The molecule has 1 aliphatic heterocycles. The Morgan fingerprint density at radius 3 is 2.59 bits per heavy atom. The molecule has 2 heterocycles. The molecule has 1 fully saturated rings. The number of esters is 1. The van der Waals surface area contributed by atoms with E-state index in [1.54, 1.807) is 21.3 Å². The van der Waals surface area contributed by atoms with Gasteiger partial charge in [0.05, 0.1) is 11.6 Å². The van der Waals surface area contributed by atoms with E-state index in [1.165, 1.54) is 0 Å². The van der Waals surface area contributed by atoms with Crippen LogP contribution in [0.15, 0.2) is 71.8 Å². The number of hydrogen-bond acceptors (Lipinski definition) is 5. The zero-order chi connectivity index (χ0) is 20.2. The Morgan fingerprint density at radius 1 is 1.10 bits per heavy atom. The Kier molecular flexibility index (Phi) is 5.67. The maximum Gasteiger partial charge on any atom is 0.311 e. The molecule has 1 aromatic heterocycles. The number of hydrogen-bond donors (Lipinski definition) is 0. The fourth-order valence-corrected chi connectivity index (χ4v) is 3.71. The molecular formula is C22H21N3O3S. The Balaban J connectivity index is 1.34. The molecule has 1 atom stereocenters. The maximum absolute atomic E-state index is 12.5. The highest BCUT2D eigenvalue weighted by Gasteiger charge is 2.36. The first-order chi connectivity index (χ1) is 14.1. The fraction of sp³-hybridized carbons (Fsp3) is 0.227. The molecule has 0 radical (unpaired) electrons. The first-order valence-electron chi connectivity index (χ1n) is 9.35. The van der Waals surface area contributed by atoms with E-state index < -0.39 is 5.92 Å². The fourth-order valence-electron chi connectivity index (χ4n) is 3.30. The molecule has 0 aliphatic carbocycles. The van der Waals surface area contributed by atoms with Crippen molar-refractivity contribution in [3.8, 4) is 5.69 Å². The van der Waals surface area contributed by atoms with Crippen LogP contribution in [0, 0.1) is 5.92 Å². The van der Waals surface area contributed by atoms with Crippen molar-refractivity contribution >= 4 is 29.3 Å². The molecule has 0 spiro atoms. The lowest BCUT2D eigenvalue weighted by atomic mass is 10.1. The monoisotopic (exact) mass is 407 g/mol. The van der Waals surface area contributed by atoms with Gasteiger partial charge in [-0.25, -0.2) is 4.68 Å². The van der Waals surface area contributed by atoms with Crippen LogP contribution in [0.5, 0.6) is 0 Å². The first-order valence-corrected chi connectivity index (χ1v) is 10.6. The Hall–Kier alpha value is -3.06. The Labute approximate surface area is 173 Å². The molecular weight excluding hydrogens is 386 g/mol. The van der Waals surface area contributed by atoms with Gasteiger partial charge >= 0.3 is 5.97 Å². The molecule has 3 aromatic rings. The second-order valence-electron chi connectivity index (χ2n) is 6.80. The van der Waals surface area contributed by atoms with Crippen LogP contribution in [0.25, 0.3) is 5.69 Å². The number of benzene rings is 2. The van der Waals surface area contributed by atoms with E-state index in [9.17, 15) is 9.59 Å². The molecule has 0 bridgehead atoms. The Morgan fingerprint density at radius 2 is 1.86 bits per heavy atom. The van der Waals surface area contributed by atoms with Gasteiger partial charge in [0.2, 0.25) is 5.91 Å². The number of para-hydroxylation sites is 1. The van der Waals surface area contributed by atoms with Gasteiger partial charge in [-0.1, -0.05) is 18.2 Å². The Bertz CT molecular complexity index is 1000. The zero-order valence-electron chi connectivity index (χ0n) is 16.0. The highest BCUT2D eigenvalue weighted by Crippen LogP contribution is 2.27. The van der Waals surface area contributed by atoms with E-state index in [4.69, 9.17) is 4.74 Å². The summed E-state index contributed by atoms with van der Waals surface area (Å²) in [6.45, 7) is 0.431. The molecule has 1 saturated heterocycles. The molecule has 1 amide bonds. The van der Waals surface area contributed by atoms with Crippen LogP contribution in [0.4, 0.5) is 5.69 Å². The molecule has 7 heteroatoms. The van der Waals surface area contributed by atoms with Gasteiger partial charge in [0.15, 0.2) is 0 Å². The number of aromatic nitrogens is 2. The third-order valence-corrected chi connectivity index (χ3v) is 5.61. The van der Waals surface area contributed by atoms with Crippen LogP contribution >= 0.6 is 11.8 Å². The van der Waals surface area contributed by atoms with Crippen LogP contribution in [-0.4, -0.2) is 34.5 Å². The number of carbonyl (C=O) groups excluding carboxylic acids is 2. The van der Waals surface area contributed by atoms with Crippen molar-refractivity contribution in [3.63, 3.8) is 0 Å². The van der Waals surface area contributed by atoms with Crippen LogP contribution in [-0.2, 0) is 20.9 Å². The van der Waals surface area contributed by atoms with Crippen molar-refractivity contribution in [1.82, 2.24) is 9.78 Å². The van der Waals surface area contributed by atoms with Gasteiger partial charge in [-0.15, -0.1) is 11.8 Å². The van der Waals surface area contributed by atoms with E-state index in [-0.39, 0.29) is 24.9 Å². The third kappa shape index (κ3) is 4.35. The van der Waals surface area contributed by atoms with Crippen LogP contribution in [0.1, 0.15) is 12.1 Å². The molecule has 29 heavy (non-hydrogen) atoms. The highest BCUT2D eigenvalue weighted by molar-refractivity contribution is 7.98. The van der Waals surface area contributed by atoms with Gasteiger partial charge in [0.25, 0.3) is 0 Å². The normalized spacial score (nSPS) is 16.2. The van der Waals surface area contributed by atoms with Crippen LogP contribution in [0.3, 0.4) is 0 Å². The molecule has 6 nitrogen and oxygen atoms in total. The standard InChI is InChI=1S/C22H21N3O3S/c1-29-20-9-7-18(8-10-20)24-14-16(13-21(24)26)22(27)28-15-17-11-12-25(23-17)19-5-3-2-4-6-19/h2-12,16H,13-15H2,1H3. The number of carbonyl (C=O) groups is 2. The summed E-state index contributed by atoms with van der Waals surface area (Å²) in [7, 11) is 0. The van der Waals surface area contributed by atoms with Gasteiger partial charge in [-0.2, -0.15) is 5.10 Å². The van der Waals surface area contributed by atoms with Crippen LogP contribution in [0.2, 0.25) is 0 Å². The van der Waals surface area contributed by atoms with E-state index >= 15 is 0 Å². The van der Waals surface area contributed by atoms with Crippen molar-refractivity contribution in [2.75, 3.05) is 17.7 Å². The summed E-state index contributed by atoms with van der Waals surface area (Å²) < 4.78 is 7.17. The lowest BCUT2D eigenvalue weighted by Crippen LogP contribution is -2.26. The van der Waals surface area contributed by atoms with Gasteiger partial charge < -0.3 is 9.64 Å². The van der Waals surface area contributed by atoms with Gasteiger partial charge in [0.1, 0.15) is 12.3 Å². The van der Waals surface area contributed by atoms with Gasteiger partial charge in [0, 0.05) is 29.7 Å². The molecule has 2 aromatic carbocycles. The van der Waals surface area contributed by atoms with Gasteiger partial charge in [-0.05, 0) is 48.7 Å². The smallest absolute Gasteiger partial charge is 0.311 e. The minimum absolute atomic E-state index is 0.0581. The number of nitrogens with zero attached hydrogens (tertiary/aromatic N) is 3. The largest absolute Gasteiger partial charge is 0.459 e. The van der Waals surface area contributed by atoms with Crippen molar-refractivity contribution in [2.24, 2.45) is 5.92 Å². The summed E-state index contributed by atoms with van der Waals surface area (Å²) in [4.78, 5) is 27.6. The van der Waals surface area contributed by atoms with Crippen molar-refractivity contribution in [3.05, 3.63) is 72.6 Å². The predicted molar refractivity (Wildman–Crippen MR) is 112 cm³/mol. The third-order valence-electron chi connectivity index (χ3n) is 4.87. The number of thioether (sulfide) groups is 1. The molecule has 1 aliphatic rings. The van der Waals surface area contributed by atoms with Crippen molar-refractivity contribution in [2.45, 2.75) is 17.9 Å². The molecule has 0 N–H and O–H groups in total. The summed E-state index contributed by atoms with van der Waals surface area (Å²) in [5, 5.41) is 4.43. The topological polar surface area (TPSA) is 64.4 Å². The predicted octanol–water partition coefficient (Wildman–Crippen LogP) is 3.69.